The topological polar surface area (TPSA) is 98.3 Å². The van der Waals surface area contributed by atoms with Gasteiger partial charge in [-0.25, -0.2) is 4.39 Å². The van der Waals surface area contributed by atoms with Gasteiger partial charge >= 0.3 is 0 Å². The van der Waals surface area contributed by atoms with Crippen LogP contribution < -0.4 is 20.3 Å². The van der Waals surface area contributed by atoms with Crippen molar-refractivity contribution in [2.24, 2.45) is 5.16 Å². The van der Waals surface area contributed by atoms with Crippen LogP contribution in [0.4, 0.5) is 4.39 Å². The number of nitrogens with one attached hydrogen (secondary N) is 2. The molecule has 0 unspecified atom stereocenters. The molecule has 2 rings (SSSR count). The van der Waals surface area contributed by atoms with E-state index in [2.05, 4.69) is 16.0 Å². The summed E-state index contributed by atoms with van der Waals surface area (Å²) in [6, 6.07) is 12.3. The Kier molecular flexibility index (Phi) is 7.77. The molecule has 2 N–H and O–H groups in total. The van der Waals surface area contributed by atoms with Crippen LogP contribution in [0.2, 0.25) is 0 Å². The van der Waals surface area contributed by atoms with E-state index in [4.69, 9.17) is 14.3 Å². The van der Waals surface area contributed by atoms with Crippen molar-refractivity contribution < 1.29 is 28.3 Å². The number of benzene rings is 2. The van der Waals surface area contributed by atoms with E-state index < -0.39 is 23.7 Å². The van der Waals surface area contributed by atoms with Gasteiger partial charge < -0.3 is 14.3 Å². The summed E-state index contributed by atoms with van der Waals surface area (Å²) in [6.45, 7) is 1.10. The number of oxime groups is 1. The molecule has 0 heterocycles. The van der Waals surface area contributed by atoms with Crippen LogP contribution in [-0.2, 0) is 14.4 Å². The summed E-state index contributed by atoms with van der Waals surface area (Å²) < 4.78 is 23.2. The monoisotopic (exact) mass is 389 g/mol. The maximum absolute atomic E-state index is 12.8. The van der Waals surface area contributed by atoms with Gasteiger partial charge in [-0.15, -0.1) is 0 Å². The Bertz CT molecular complexity index is 809. The zero-order valence-corrected chi connectivity index (χ0v) is 15.3. The Morgan fingerprint density at radius 3 is 2.36 bits per heavy atom. The lowest BCUT2D eigenvalue weighted by atomic mass is 10.2. The fraction of sp³-hybridized carbons (Fsp3) is 0.211. The van der Waals surface area contributed by atoms with Gasteiger partial charge in [0.15, 0.2) is 12.7 Å². The molecule has 0 aliphatic rings. The Morgan fingerprint density at radius 1 is 1.07 bits per heavy atom. The van der Waals surface area contributed by atoms with E-state index in [0.29, 0.717) is 11.5 Å². The van der Waals surface area contributed by atoms with Gasteiger partial charge in [0.25, 0.3) is 11.8 Å². The molecule has 0 bridgehead atoms. The number of ether oxygens (including phenoxy) is 2. The average molecular weight is 389 g/mol. The third-order valence-corrected chi connectivity index (χ3v) is 3.41. The summed E-state index contributed by atoms with van der Waals surface area (Å²) in [6.07, 6.45) is 0.531. The van der Waals surface area contributed by atoms with E-state index >= 15 is 0 Å². The van der Waals surface area contributed by atoms with Gasteiger partial charge in [-0.2, -0.15) is 0 Å². The predicted molar refractivity (Wildman–Crippen MR) is 99.3 cm³/mol. The number of rotatable bonds is 8. The molecule has 0 saturated heterocycles. The van der Waals surface area contributed by atoms with E-state index in [9.17, 15) is 14.0 Å². The zero-order valence-electron chi connectivity index (χ0n) is 15.3. The molecule has 1 atom stereocenters. The van der Waals surface area contributed by atoms with Crippen molar-refractivity contribution in [1.82, 2.24) is 10.9 Å². The quantitative estimate of drug-likeness (QED) is 0.530. The van der Waals surface area contributed by atoms with E-state index in [1.807, 2.05) is 0 Å². The van der Waals surface area contributed by atoms with Crippen molar-refractivity contribution >= 4 is 18.0 Å². The summed E-state index contributed by atoms with van der Waals surface area (Å²) in [4.78, 5) is 28.4. The smallest absolute Gasteiger partial charge is 0.279 e. The molecule has 2 aromatic carbocycles. The summed E-state index contributed by atoms with van der Waals surface area (Å²) in [5, 5.41) is 3.67. The van der Waals surface area contributed by atoms with Gasteiger partial charge in [-0.05, 0) is 61.0 Å². The lowest BCUT2D eigenvalue weighted by molar-refractivity contribution is -0.134. The Balaban J connectivity index is 1.67. The van der Waals surface area contributed by atoms with E-state index in [1.54, 1.807) is 31.4 Å². The summed E-state index contributed by atoms with van der Waals surface area (Å²) >= 11 is 0. The van der Waals surface area contributed by atoms with Crippen molar-refractivity contribution in [3.63, 3.8) is 0 Å². The molecule has 0 aliphatic carbocycles. The highest BCUT2D eigenvalue weighted by molar-refractivity contribution is 5.85. The van der Waals surface area contributed by atoms with Gasteiger partial charge in [-0.1, -0.05) is 5.16 Å². The fourth-order valence-electron chi connectivity index (χ4n) is 1.92. The minimum absolute atomic E-state index is 0.326. The normalized spacial score (nSPS) is 11.5. The van der Waals surface area contributed by atoms with Crippen LogP contribution in [0.1, 0.15) is 12.5 Å². The molecular weight excluding hydrogens is 369 g/mol. The third-order valence-electron chi connectivity index (χ3n) is 3.41. The highest BCUT2D eigenvalue weighted by Crippen LogP contribution is 2.13. The van der Waals surface area contributed by atoms with Crippen molar-refractivity contribution in [2.75, 3.05) is 13.7 Å². The van der Waals surface area contributed by atoms with Crippen molar-refractivity contribution in [2.45, 2.75) is 13.0 Å². The SMILES string of the molecule is COc1ccc(/C=N\OCC(=O)NNC(=O)[C@H](C)Oc2ccc(F)cc2)cc1. The molecule has 2 amide bonds. The molecule has 8 nitrogen and oxygen atoms in total. The largest absolute Gasteiger partial charge is 0.497 e. The second-order valence-corrected chi connectivity index (χ2v) is 5.53. The first kappa shape index (κ1) is 20.7. The molecule has 0 aromatic heterocycles. The summed E-state index contributed by atoms with van der Waals surface area (Å²) in [5.74, 6) is -0.558. The third kappa shape index (κ3) is 6.94. The standard InChI is InChI=1S/C19H20FN3O5/c1-13(28-17-9-5-15(20)6-10-17)19(25)23-22-18(24)12-27-21-11-14-3-7-16(26-2)8-4-14/h3-11,13H,12H2,1-2H3,(H,22,24)(H,23,25)/b21-11-/t13-/m0/s1. The number of hydrogen-bond acceptors (Lipinski definition) is 6. The molecule has 0 fully saturated rings. The zero-order chi connectivity index (χ0) is 20.4. The van der Waals surface area contributed by atoms with Crippen molar-refractivity contribution in [1.29, 1.82) is 0 Å². The number of halogens is 1. The molecule has 9 heteroatoms. The number of nitrogens with zero attached hydrogens (tertiary/aromatic N) is 1. The summed E-state index contributed by atoms with van der Waals surface area (Å²) in [5.41, 5.74) is 5.14. The fourth-order valence-corrected chi connectivity index (χ4v) is 1.92. The van der Waals surface area contributed by atoms with E-state index in [0.717, 1.165) is 5.56 Å². The van der Waals surface area contributed by atoms with Gasteiger partial charge in [0, 0.05) is 0 Å². The second kappa shape index (κ2) is 10.5. The lowest BCUT2D eigenvalue weighted by Crippen LogP contribution is -2.48. The van der Waals surface area contributed by atoms with Gasteiger partial charge in [0.05, 0.1) is 13.3 Å². The van der Waals surface area contributed by atoms with Gasteiger partial charge in [-0.3, -0.25) is 20.4 Å². The number of carbonyl (C=O) groups is 2. The Labute approximate surface area is 161 Å². The van der Waals surface area contributed by atoms with Gasteiger partial charge in [0.1, 0.15) is 17.3 Å². The Morgan fingerprint density at radius 2 is 1.71 bits per heavy atom. The highest BCUT2D eigenvalue weighted by Gasteiger charge is 2.15. The van der Waals surface area contributed by atoms with Crippen molar-refractivity contribution in [3.05, 3.63) is 59.9 Å². The van der Waals surface area contributed by atoms with Crippen LogP contribution in [0.5, 0.6) is 11.5 Å². The maximum Gasteiger partial charge on any atom is 0.279 e. The number of hydrogen-bond donors (Lipinski definition) is 2. The molecule has 0 radical (unpaired) electrons. The summed E-state index contributed by atoms with van der Waals surface area (Å²) in [7, 11) is 1.57. The van der Waals surface area contributed by atoms with Crippen LogP contribution in [-0.4, -0.2) is 37.8 Å². The number of carbonyl (C=O) groups excluding carboxylic acids is 2. The first-order valence-electron chi connectivity index (χ1n) is 8.28. The molecule has 0 spiro atoms. The number of hydrazine groups is 1. The first-order chi connectivity index (χ1) is 13.5. The van der Waals surface area contributed by atoms with Gasteiger partial charge in [0.2, 0.25) is 0 Å². The first-order valence-corrected chi connectivity index (χ1v) is 8.28. The second-order valence-electron chi connectivity index (χ2n) is 5.53. The van der Waals surface area contributed by atoms with Crippen LogP contribution >= 0.6 is 0 Å². The number of methoxy groups -OCH3 is 1. The van der Waals surface area contributed by atoms with Crippen LogP contribution in [0, 0.1) is 5.82 Å². The Hall–Kier alpha value is -3.62. The van der Waals surface area contributed by atoms with Crippen LogP contribution in [0.3, 0.4) is 0 Å². The average Bonchev–Trinajstić information content (AvgIpc) is 2.71. The van der Waals surface area contributed by atoms with Crippen LogP contribution in [0.15, 0.2) is 53.7 Å². The molecular formula is C19H20FN3O5. The predicted octanol–water partition coefficient (Wildman–Crippen LogP) is 1.80. The van der Waals surface area contributed by atoms with E-state index in [1.165, 1.54) is 37.4 Å². The van der Waals surface area contributed by atoms with E-state index in [-0.39, 0.29) is 6.61 Å². The molecule has 0 saturated carbocycles. The maximum atomic E-state index is 12.8. The minimum Gasteiger partial charge on any atom is -0.497 e. The number of amides is 2. The van der Waals surface area contributed by atoms with Crippen molar-refractivity contribution in [3.8, 4) is 11.5 Å². The minimum atomic E-state index is -0.903. The van der Waals surface area contributed by atoms with Crippen LogP contribution in [0.25, 0.3) is 0 Å². The molecule has 148 valence electrons. The molecule has 28 heavy (non-hydrogen) atoms. The lowest BCUT2D eigenvalue weighted by Gasteiger charge is -2.14. The highest BCUT2D eigenvalue weighted by atomic mass is 19.1. The molecule has 0 aliphatic heterocycles. The molecule has 2 aromatic rings.